The molecule has 0 aliphatic carbocycles. The third-order valence-corrected chi connectivity index (χ3v) is 6.49. The molecule has 162 valence electrons. The van der Waals surface area contributed by atoms with Gasteiger partial charge in [0.15, 0.2) is 0 Å². The van der Waals surface area contributed by atoms with Gasteiger partial charge in [-0.2, -0.15) is 5.26 Å². The molecule has 0 saturated heterocycles. The van der Waals surface area contributed by atoms with E-state index in [0.717, 1.165) is 34.4 Å². The number of rotatable bonds is 8. The molecule has 0 radical (unpaired) electrons. The first-order valence-corrected chi connectivity index (χ1v) is 11.9. The van der Waals surface area contributed by atoms with Gasteiger partial charge in [-0.3, -0.25) is 4.79 Å². The van der Waals surface area contributed by atoms with Crippen LogP contribution in [0.1, 0.15) is 23.6 Å². The van der Waals surface area contributed by atoms with E-state index >= 15 is 0 Å². The Hall–Kier alpha value is -3.68. The molecule has 0 spiro atoms. The van der Waals surface area contributed by atoms with Crippen LogP contribution < -0.4 is 0 Å². The molecule has 33 heavy (non-hydrogen) atoms. The van der Waals surface area contributed by atoms with Gasteiger partial charge in [-0.1, -0.05) is 104 Å². The SMILES string of the molecule is CCc1ccc(CC(=O)CSc2nc(-c3ccccc3)cc(-c3ccccc3)c2C#N)cc1. The lowest BCUT2D eigenvalue weighted by Gasteiger charge is -2.12. The van der Waals surface area contributed by atoms with Crippen molar-refractivity contribution in [2.45, 2.75) is 24.8 Å². The van der Waals surface area contributed by atoms with Crippen molar-refractivity contribution in [1.29, 1.82) is 5.26 Å². The van der Waals surface area contributed by atoms with Gasteiger partial charge in [-0.25, -0.2) is 4.98 Å². The highest BCUT2D eigenvalue weighted by atomic mass is 32.2. The molecule has 0 aliphatic rings. The maximum atomic E-state index is 12.7. The standard InChI is InChI=1S/C29H24N2OS/c1-2-21-13-15-22(16-14-21)17-25(32)20-33-29-27(19-30)26(23-9-5-3-6-10-23)18-28(31-29)24-11-7-4-8-12-24/h3-16,18H,2,17,20H2,1H3. The average Bonchev–Trinajstić information content (AvgIpc) is 2.88. The van der Waals surface area contributed by atoms with Crippen molar-refractivity contribution in [2.75, 3.05) is 5.75 Å². The van der Waals surface area contributed by atoms with Crippen molar-refractivity contribution in [1.82, 2.24) is 4.98 Å². The van der Waals surface area contributed by atoms with Crippen LogP contribution >= 0.6 is 11.8 Å². The van der Waals surface area contributed by atoms with Gasteiger partial charge in [0.25, 0.3) is 0 Å². The van der Waals surface area contributed by atoms with Gasteiger partial charge in [0, 0.05) is 17.5 Å². The summed E-state index contributed by atoms with van der Waals surface area (Å²) >= 11 is 1.34. The molecule has 0 unspecified atom stereocenters. The molecule has 3 aromatic carbocycles. The van der Waals surface area contributed by atoms with E-state index in [0.29, 0.717) is 17.0 Å². The summed E-state index contributed by atoms with van der Waals surface area (Å²) in [5.41, 5.74) is 6.33. The van der Waals surface area contributed by atoms with Gasteiger partial charge in [0.05, 0.1) is 17.0 Å². The number of carbonyl (C=O) groups excluding carboxylic acids is 1. The molecular formula is C29H24N2OS. The number of nitrogens with zero attached hydrogens (tertiary/aromatic N) is 2. The maximum Gasteiger partial charge on any atom is 0.147 e. The summed E-state index contributed by atoms with van der Waals surface area (Å²) in [5.74, 6) is 0.380. The van der Waals surface area contributed by atoms with Crippen LogP contribution in [0.3, 0.4) is 0 Å². The number of Topliss-reactive ketones (excluding diaryl/α,β-unsaturated/α-hetero) is 1. The smallest absolute Gasteiger partial charge is 0.147 e. The summed E-state index contributed by atoms with van der Waals surface area (Å²) in [5, 5.41) is 10.6. The van der Waals surface area contributed by atoms with Crippen LogP contribution in [0.4, 0.5) is 0 Å². The second kappa shape index (κ2) is 10.8. The number of hydrogen-bond acceptors (Lipinski definition) is 4. The first-order chi connectivity index (χ1) is 16.2. The first kappa shape index (κ1) is 22.5. The third-order valence-electron chi connectivity index (χ3n) is 5.45. The Morgan fingerprint density at radius 1 is 0.879 bits per heavy atom. The molecule has 0 saturated carbocycles. The molecule has 1 aromatic heterocycles. The van der Waals surface area contributed by atoms with E-state index in [4.69, 9.17) is 4.98 Å². The van der Waals surface area contributed by atoms with Crippen molar-refractivity contribution < 1.29 is 4.79 Å². The topological polar surface area (TPSA) is 53.8 Å². The van der Waals surface area contributed by atoms with Crippen LogP contribution in [0.15, 0.2) is 96.0 Å². The molecule has 1 heterocycles. The molecule has 4 heteroatoms. The highest BCUT2D eigenvalue weighted by Crippen LogP contribution is 2.34. The van der Waals surface area contributed by atoms with E-state index < -0.39 is 0 Å². The second-order valence-corrected chi connectivity index (χ2v) is 8.72. The normalized spacial score (nSPS) is 10.5. The fourth-order valence-corrected chi connectivity index (χ4v) is 4.52. The zero-order valence-electron chi connectivity index (χ0n) is 18.5. The van der Waals surface area contributed by atoms with Crippen molar-refractivity contribution in [3.05, 3.63) is 108 Å². The van der Waals surface area contributed by atoms with E-state index in [1.54, 1.807) is 0 Å². The van der Waals surface area contributed by atoms with Crippen LogP contribution in [0, 0.1) is 11.3 Å². The van der Waals surface area contributed by atoms with Crippen molar-refractivity contribution >= 4 is 17.5 Å². The molecule has 0 amide bonds. The summed E-state index contributed by atoms with van der Waals surface area (Å²) in [7, 11) is 0. The van der Waals surface area contributed by atoms with Crippen molar-refractivity contribution in [3.63, 3.8) is 0 Å². The minimum absolute atomic E-state index is 0.112. The molecule has 4 aromatic rings. The summed E-state index contributed by atoms with van der Waals surface area (Å²) in [6, 6.07) is 32.2. The molecule has 0 bridgehead atoms. The first-order valence-electron chi connectivity index (χ1n) is 11.0. The molecule has 0 N–H and O–H groups in total. The van der Waals surface area contributed by atoms with Crippen molar-refractivity contribution in [2.24, 2.45) is 0 Å². The quantitative estimate of drug-likeness (QED) is 0.280. The Balaban J connectivity index is 1.63. The van der Waals surface area contributed by atoms with Crippen LogP contribution in [0.5, 0.6) is 0 Å². The summed E-state index contributed by atoms with van der Waals surface area (Å²) in [4.78, 5) is 17.5. The number of ketones is 1. The minimum Gasteiger partial charge on any atom is -0.298 e. The van der Waals surface area contributed by atoms with Gasteiger partial charge < -0.3 is 0 Å². The Labute approximate surface area is 199 Å². The Morgan fingerprint density at radius 2 is 1.48 bits per heavy atom. The summed E-state index contributed by atoms with van der Waals surface area (Å²) in [6.07, 6.45) is 1.36. The Morgan fingerprint density at radius 3 is 2.09 bits per heavy atom. The highest BCUT2D eigenvalue weighted by molar-refractivity contribution is 8.00. The van der Waals surface area contributed by atoms with E-state index in [2.05, 4.69) is 25.1 Å². The molecule has 3 nitrogen and oxygen atoms in total. The average molecular weight is 449 g/mol. The summed E-state index contributed by atoms with van der Waals surface area (Å²) in [6.45, 7) is 2.11. The van der Waals surface area contributed by atoms with Crippen LogP contribution in [0.25, 0.3) is 22.4 Å². The Bertz CT molecular complexity index is 1280. The fourth-order valence-electron chi connectivity index (χ4n) is 3.66. The lowest BCUT2D eigenvalue weighted by Crippen LogP contribution is -2.07. The van der Waals surface area contributed by atoms with Gasteiger partial charge in [0.1, 0.15) is 16.9 Å². The molecular weight excluding hydrogens is 424 g/mol. The number of carbonyl (C=O) groups is 1. The van der Waals surface area contributed by atoms with Crippen LogP contribution in [-0.2, 0) is 17.6 Å². The van der Waals surface area contributed by atoms with Crippen LogP contribution in [0.2, 0.25) is 0 Å². The fraction of sp³-hybridized carbons (Fsp3) is 0.138. The zero-order valence-corrected chi connectivity index (χ0v) is 19.3. The number of pyridine rings is 1. The molecule has 0 fully saturated rings. The molecule has 0 aliphatic heterocycles. The number of aryl methyl sites for hydroxylation is 1. The van der Waals surface area contributed by atoms with Gasteiger partial charge in [-0.15, -0.1) is 0 Å². The predicted octanol–water partition coefficient (Wildman–Crippen LogP) is 6.75. The van der Waals surface area contributed by atoms with Gasteiger partial charge in [0.2, 0.25) is 0 Å². The monoisotopic (exact) mass is 448 g/mol. The molecule has 4 rings (SSSR count). The van der Waals surface area contributed by atoms with Gasteiger partial charge >= 0.3 is 0 Å². The number of thioether (sulfide) groups is 1. The third kappa shape index (κ3) is 5.58. The zero-order chi connectivity index (χ0) is 23.0. The lowest BCUT2D eigenvalue weighted by atomic mass is 9.99. The van der Waals surface area contributed by atoms with Crippen molar-refractivity contribution in [3.8, 4) is 28.5 Å². The maximum absolute atomic E-state index is 12.7. The number of hydrogen-bond donors (Lipinski definition) is 0. The number of benzene rings is 3. The molecule has 0 atom stereocenters. The van der Waals surface area contributed by atoms with E-state index in [1.807, 2.05) is 78.9 Å². The van der Waals surface area contributed by atoms with E-state index in [-0.39, 0.29) is 11.5 Å². The van der Waals surface area contributed by atoms with Crippen LogP contribution in [-0.4, -0.2) is 16.5 Å². The lowest BCUT2D eigenvalue weighted by molar-refractivity contribution is -0.116. The van der Waals surface area contributed by atoms with Gasteiger partial charge in [-0.05, 0) is 29.2 Å². The Kier molecular flexibility index (Phi) is 7.34. The number of nitriles is 1. The van der Waals surface area contributed by atoms with E-state index in [9.17, 15) is 10.1 Å². The van der Waals surface area contributed by atoms with E-state index in [1.165, 1.54) is 17.3 Å². The number of aromatic nitrogens is 1. The summed E-state index contributed by atoms with van der Waals surface area (Å²) < 4.78 is 0. The minimum atomic E-state index is 0.112. The highest BCUT2D eigenvalue weighted by Gasteiger charge is 2.17. The second-order valence-electron chi connectivity index (χ2n) is 7.75. The largest absolute Gasteiger partial charge is 0.298 e. The predicted molar refractivity (Wildman–Crippen MR) is 135 cm³/mol.